The van der Waals surface area contributed by atoms with Crippen LogP contribution >= 0.6 is 22.6 Å². The van der Waals surface area contributed by atoms with Gasteiger partial charge in [-0.15, -0.1) is 0 Å². The Morgan fingerprint density at radius 3 is 2.45 bits per heavy atom. The third-order valence-electron chi connectivity index (χ3n) is 5.94. The smallest absolute Gasteiger partial charge is 0.352 e. The number of nitrogens with zero attached hydrogens (tertiary/aromatic N) is 2. The van der Waals surface area contributed by atoms with Crippen molar-refractivity contribution in [2.45, 2.75) is 42.3 Å². The van der Waals surface area contributed by atoms with Gasteiger partial charge in [0.25, 0.3) is 5.91 Å². The van der Waals surface area contributed by atoms with E-state index in [1.165, 1.54) is 12.1 Å². The molecule has 2 aliphatic heterocycles. The summed E-state index contributed by atoms with van der Waals surface area (Å²) in [5, 5.41) is 2.84. The first-order valence-electron chi connectivity index (χ1n) is 10.4. The molecule has 172 valence electrons. The molecule has 0 aliphatic carbocycles. The van der Waals surface area contributed by atoms with Crippen LogP contribution in [0.15, 0.2) is 18.2 Å². The number of rotatable bonds is 6. The van der Waals surface area contributed by atoms with Crippen LogP contribution in [0, 0.1) is 11.7 Å². The van der Waals surface area contributed by atoms with Crippen LogP contribution in [0.3, 0.4) is 0 Å². The van der Waals surface area contributed by atoms with Gasteiger partial charge in [0.15, 0.2) is 0 Å². The highest BCUT2D eigenvalue weighted by atomic mass is 127. The lowest BCUT2D eigenvalue weighted by Gasteiger charge is -2.34. The Hall–Kier alpha value is -1.43. The van der Waals surface area contributed by atoms with E-state index in [0.717, 1.165) is 23.3 Å². The van der Waals surface area contributed by atoms with E-state index in [-0.39, 0.29) is 31.3 Å². The van der Waals surface area contributed by atoms with Crippen molar-refractivity contribution in [1.82, 2.24) is 15.1 Å². The molecule has 0 aromatic heterocycles. The van der Waals surface area contributed by atoms with Gasteiger partial charge in [-0.2, -0.15) is 13.2 Å². The molecular weight excluding hydrogens is 529 g/mol. The second-order valence-corrected chi connectivity index (χ2v) is 8.96. The molecule has 1 N–H and O–H groups in total. The van der Waals surface area contributed by atoms with Crippen LogP contribution in [0.5, 0.6) is 0 Å². The van der Waals surface area contributed by atoms with Crippen LogP contribution in [0.2, 0.25) is 0 Å². The average molecular weight is 555 g/mol. The largest absolute Gasteiger partial charge is 0.408 e. The van der Waals surface area contributed by atoms with Gasteiger partial charge in [-0.1, -0.05) is 22.6 Å². The second kappa shape index (κ2) is 10.5. The van der Waals surface area contributed by atoms with Crippen molar-refractivity contribution < 1.29 is 27.2 Å². The number of hydrogen-bond acceptors (Lipinski definition) is 3. The molecule has 0 spiro atoms. The summed E-state index contributed by atoms with van der Waals surface area (Å²) in [5.74, 6) is -1.02. The minimum absolute atomic E-state index is 0.00592. The maximum Gasteiger partial charge on any atom is 0.408 e. The quantitative estimate of drug-likeness (QED) is 0.331. The van der Waals surface area contributed by atoms with Crippen molar-refractivity contribution in [1.29, 1.82) is 0 Å². The van der Waals surface area contributed by atoms with Crippen LogP contribution in [0.4, 0.5) is 17.6 Å². The van der Waals surface area contributed by atoms with Gasteiger partial charge in [-0.05, 0) is 68.5 Å². The van der Waals surface area contributed by atoms with Crippen molar-refractivity contribution in [2.75, 3.05) is 32.7 Å². The van der Waals surface area contributed by atoms with Crippen molar-refractivity contribution in [3.63, 3.8) is 0 Å². The number of halogens is 5. The predicted molar refractivity (Wildman–Crippen MR) is 116 cm³/mol. The molecule has 2 fully saturated rings. The molecule has 0 unspecified atom stereocenters. The zero-order valence-electron chi connectivity index (χ0n) is 17.1. The highest BCUT2D eigenvalue weighted by molar-refractivity contribution is 14.1. The summed E-state index contributed by atoms with van der Waals surface area (Å²) in [5.41, 5.74) is 1.04. The highest BCUT2D eigenvalue weighted by Crippen LogP contribution is 2.32. The maximum atomic E-state index is 13.6. The predicted octanol–water partition coefficient (Wildman–Crippen LogP) is 3.76. The van der Waals surface area contributed by atoms with Gasteiger partial charge >= 0.3 is 6.18 Å². The molecule has 3 rings (SSSR count). The minimum Gasteiger partial charge on any atom is -0.352 e. The molecule has 2 aliphatic rings. The summed E-state index contributed by atoms with van der Waals surface area (Å²) >= 11 is 2.11. The third kappa shape index (κ3) is 6.53. The Labute approximate surface area is 192 Å². The first-order chi connectivity index (χ1) is 14.7. The van der Waals surface area contributed by atoms with Gasteiger partial charge in [0, 0.05) is 23.1 Å². The van der Waals surface area contributed by atoms with E-state index in [4.69, 9.17) is 0 Å². The van der Waals surface area contributed by atoms with Crippen molar-refractivity contribution in [3.8, 4) is 0 Å². The van der Waals surface area contributed by atoms with Crippen LogP contribution in [0.1, 0.15) is 41.6 Å². The molecule has 2 saturated heterocycles. The molecule has 2 amide bonds. The topological polar surface area (TPSA) is 52.7 Å². The number of carbonyl (C=O) groups is 2. The van der Waals surface area contributed by atoms with Crippen molar-refractivity contribution in [2.24, 2.45) is 5.92 Å². The summed E-state index contributed by atoms with van der Waals surface area (Å²) in [6.45, 7) is 1.78. The molecule has 0 radical (unpaired) electrons. The molecule has 0 bridgehead atoms. The van der Waals surface area contributed by atoms with E-state index in [1.54, 1.807) is 6.07 Å². The number of piperidine rings is 1. The normalized spacial score (nSPS) is 20.8. The number of amides is 2. The summed E-state index contributed by atoms with van der Waals surface area (Å²) in [4.78, 5) is 27.6. The van der Waals surface area contributed by atoms with E-state index in [1.807, 2.05) is 4.90 Å². The molecule has 1 atom stereocenters. The number of hydrogen-bond donors (Lipinski definition) is 1. The Bertz CT molecular complexity index is 797. The van der Waals surface area contributed by atoms with Crippen LogP contribution < -0.4 is 5.32 Å². The number of carbonyl (C=O) groups excluding carboxylic acids is 2. The van der Waals surface area contributed by atoms with Crippen LogP contribution in [-0.2, 0) is 9.22 Å². The van der Waals surface area contributed by atoms with E-state index < -0.39 is 23.9 Å². The number of nitrogens with one attached hydrogen (secondary N) is 1. The fraction of sp³-hybridized carbons (Fsp3) is 0.619. The number of alkyl halides is 4. The second-order valence-electron chi connectivity index (χ2n) is 8.20. The van der Waals surface area contributed by atoms with E-state index in [9.17, 15) is 27.2 Å². The molecule has 1 aromatic rings. The molecule has 2 heterocycles. The average Bonchev–Trinajstić information content (AvgIpc) is 3.23. The summed E-state index contributed by atoms with van der Waals surface area (Å²) < 4.78 is 53.5. The Morgan fingerprint density at radius 2 is 1.81 bits per heavy atom. The fourth-order valence-electron chi connectivity index (χ4n) is 4.23. The SMILES string of the molecule is O=C(NCC1CCN(CC(=O)N2CCC[C@@H]2C(F)(F)F)CC1)c1cc(F)cc(CI)c1. The van der Waals surface area contributed by atoms with E-state index in [0.29, 0.717) is 36.0 Å². The lowest BCUT2D eigenvalue weighted by molar-refractivity contribution is -0.183. The maximum absolute atomic E-state index is 13.6. The number of likely N-dealkylation sites (tertiary alicyclic amines) is 2. The molecule has 10 heteroatoms. The fourth-order valence-corrected chi connectivity index (χ4v) is 4.67. The molecule has 5 nitrogen and oxygen atoms in total. The van der Waals surface area contributed by atoms with Gasteiger partial charge in [0.1, 0.15) is 11.9 Å². The molecule has 31 heavy (non-hydrogen) atoms. The first kappa shape index (κ1) is 24.2. The van der Waals surface area contributed by atoms with Gasteiger partial charge in [-0.3, -0.25) is 14.5 Å². The Balaban J connectivity index is 1.43. The van der Waals surface area contributed by atoms with E-state index in [2.05, 4.69) is 27.9 Å². The van der Waals surface area contributed by atoms with Crippen molar-refractivity contribution >= 4 is 34.4 Å². The first-order valence-corrected chi connectivity index (χ1v) is 11.9. The standard InChI is InChI=1S/C21H26F4IN3O2/c22-17-9-15(11-26)8-16(10-17)20(31)27-12-14-3-6-28(7-4-14)13-19(30)29-5-1-2-18(29)21(23,24)25/h8-10,14,18H,1-7,11-13H2,(H,27,31)/t18-/m1/s1. The zero-order valence-corrected chi connectivity index (χ0v) is 19.2. The minimum atomic E-state index is -4.38. The van der Waals surface area contributed by atoms with Gasteiger partial charge in [0.2, 0.25) is 5.91 Å². The molecule has 1 aromatic carbocycles. The highest BCUT2D eigenvalue weighted by Gasteiger charge is 2.47. The Kier molecular flexibility index (Phi) is 8.17. The Morgan fingerprint density at radius 1 is 1.10 bits per heavy atom. The lowest BCUT2D eigenvalue weighted by atomic mass is 9.96. The summed E-state index contributed by atoms with van der Waals surface area (Å²) in [6, 6.07) is 2.62. The summed E-state index contributed by atoms with van der Waals surface area (Å²) in [7, 11) is 0. The monoisotopic (exact) mass is 555 g/mol. The van der Waals surface area contributed by atoms with Crippen molar-refractivity contribution in [3.05, 3.63) is 35.1 Å². The van der Waals surface area contributed by atoms with Gasteiger partial charge in [0.05, 0.1) is 6.54 Å². The third-order valence-corrected chi connectivity index (χ3v) is 6.82. The van der Waals surface area contributed by atoms with Crippen LogP contribution in [0.25, 0.3) is 0 Å². The lowest BCUT2D eigenvalue weighted by Crippen LogP contribution is -2.49. The van der Waals surface area contributed by atoms with E-state index >= 15 is 0 Å². The molecule has 0 saturated carbocycles. The van der Waals surface area contributed by atoms with Gasteiger partial charge < -0.3 is 10.2 Å². The zero-order chi connectivity index (χ0) is 22.6. The molecular formula is C21H26F4IN3O2. The van der Waals surface area contributed by atoms with Gasteiger partial charge in [-0.25, -0.2) is 4.39 Å². The number of benzene rings is 1. The summed E-state index contributed by atoms with van der Waals surface area (Å²) in [6.07, 6.45) is -2.56. The van der Waals surface area contributed by atoms with Crippen LogP contribution in [-0.4, -0.2) is 66.6 Å².